The third-order valence-electron chi connectivity index (χ3n) is 8.04. The SMILES string of the molecule is NC(=O)c1cc(-c2cc(N)cnc2[C@H](Cc2cc(F)cc(F)c2)NC(=O)Cn2nc(C(F)(F)F)c3c2C(F)(F)[C@@H]2C=C[C@H]32)ccc1F. The van der Waals surface area contributed by atoms with Crippen LogP contribution < -0.4 is 16.8 Å². The summed E-state index contributed by atoms with van der Waals surface area (Å²) >= 11 is 0. The van der Waals surface area contributed by atoms with Gasteiger partial charge in [0.05, 0.1) is 35.1 Å². The summed E-state index contributed by atoms with van der Waals surface area (Å²) in [6, 6.07) is 5.83. The number of alkyl halides is 5. The van der Waals surface area contributed by atoms with Gasteiger partial charge in [0.1, 0.15) is 29.7 Å². The molecule has 0 saturated heterocycles. The molecule has 0 unspecified atom stereocenters. The van der Waals surface area contributed by atoms with Crippen LogP contribution >= 0.6 is 0 Å². The Bertz CT molecular complexity index is 1950. The van der Waals surface area contributed by atoms with Crippen molar-refractivity contribution in [2.75, 3.05) is 5.73 Å². The van der Waals surface area contributed by atoms with Crippen LogP contribution in [-0.2, 0) is 29.9 Å². The van der Waals surface area contributed by atoms with E-state index >= 15 is 8.78 Å². The van der Waals surface area contributed by atoms with Crippen LogP contribution in [0.5, 0.6) is 0 Å². The zero-order valence-corrected chi connectivity index (χ0v) is 23.8. The zero-order valence-electron chi connectivity index (χ0n) is 23.8. The molecule has 3 atom stereocenters. The number of aromatic nitrogens is 3. The summed E-state index contributed by atoms with van der Waals surface area (Å²) in [5, 5.41) is 5.86. The first kappa shape index (κ1) is 31.7. The molecule has 0 fully saturated rings. The maximum atomic E-state index is 15.3. The molecule has 0 bridgehead atoms. The van der Waals surface area contributed by atoms with Gasteiger partial charge in [-0.3, -0.25) is 19.3 Å². The molecule has 0 aliphatic heterocycles. The number of anilines is 1. The van der Waals surface area contributed by atoms with Crippen LogP contribution in [0.2, 0.25) is 0 Å². The normalized spacial score (nSPS) is 18.3. The van der Waals surface area contributed by atoms with Crippen LogP contribution in [0.15, 0.2) is 60.8 Å². The number of hydrogen-bond donors (Lipinski definition) is 3. The number of fused-ring (bicyclic) bond motifs is 3. The highest BCUT2D eigenvalue weighted by atomic mass is 19.4. The van der Waals surface area contributed by atoms with Gasteiger partial charge in [-0.25, -0.2) is 13.2 Å². The molecule has 8 nitrogen and oxygen atoms in total. The molecular formula is C31H22F8N6O2. The number of carbonyl (C=O) groups excluding carboxylic acids is 2. The van der Waals surface area contributed by atoms with Gasteiger partial charge in [0.25, 0.3) is 11.8 Å². The predicted molar refractivity (Wildman–Crippen MR) is 150 cm³/mol. The maximum absolute atomic E-state index is 15.3. The van der Waals surface area contributed by atoms with E-state index in [4.69, 9.17) is 11.5 Å². The third-order valence-corrected chi connectivity index (χ3v) is 8.04. The van der Waals surface area contributed by atoms with Gasteiger partial charge >= 0.3 is 6.18 Å². The summed E-state index contributed by atoms with van der Waals surface area (Å²) in [6.45, 7) is -1.09. The molecule has 2 aliphatic rings. The zero-order chi connectivity index (χ0) is 34.0. The third kappa shape index (κ3) is 5.67. The minimum atomic E-state index is -5.09. The van der Waals surface area contributed by atoms with E-state index in [9.17, 15) is 35.9 Å². The smallest absolute Gasteiger partial charge is 0.397 e. The standard InChI is InChI=1S/C31H22F8N6O2/c32-15-5-13(6-16(33)9-15)7-23(26-19(10-17(40)11-42-26)14-1-4-22(34)20(8-14)29(41)47)43-24(46)12-45-28-25(27(44-45)31(37,38)39)18-2-3-21(18)30(28,35)36/h1-6,8-11,18,21,23H,7,12,40H2,(H2,41,47)(H,43,46)/t18-,21+,23-/m0/s1. The number of hydrogen-bond acceptors (Lipinski definition) is 5. The van der Waals surface area contributed by atoms with E-state index in [1.807, 2.05) is 0 Å². The van der Waals surface area contributed by atoms with Gasteiger partial charge in [0.15, 0.2) is 5.69 Å². The van der Waals surface area contributed by atoms with Crippen LogP contribution in [0, 0.1) is 23.4 Å². The lowest BCUT2D eigenvalue weighted by atomic mass is 9.81. The Morgan fingerprint density at radius 3 is 2.34 bits per heavy atom. The quantitative estimate of drug-likeness (QED) is 0.169. The van der Waals surface area contributed by atoms with Crippen molar-refractivity contribution >= 4 is 17.5 Å². The molecule has 2 aromatic heterocycles. The highest BCUT2D eigenvalue weighted by molar-refractivity contribution is 5.94. The van der Waals surface area contributed by atoms with Crippen LogP contribution in [0.4, 0.5) is 40.8 Å². The van der Waals surface area contributed by atoms with Crippen molar-refractivity contribution in [3.05, 3.63) is 112 Å². The number of nitrogens with zero attached hydrogens (tertiary/aromatic N) is 3. The minimum absolute atomic E-state index is 0.00262. The fourth-order valence-electron chi connectivity index (χ4n) is 6.02. The largest absolute Gasteiger partial charge is 0.435 e. The molecule has 0 saturated carbocycles. The fraction of sp³-hybridized carbons (Fsp3) is 0.226. The number of carbonyl (C=O) groups is 2. The number of primary amides is 1. The molecular weight excluding hydrogens is 640 g/mol. The molecule has 47 heavy (non-hydrogen) atoms. The van der Waals surface area contributed by atoms with Crippen LogP contribution in [0.3, 0.4) is 0 Å². The molecule has 244 valence electrons. The van der Waals surface area contributed by atoms with Crippen molar-refractivity contribution in [2.24, 2.45) is 11.7 Å². The lowest BCUT2D eigenvalue weighted by Crippen LogP contribution is -2.36. The van der Waals surface area contributed by atoms with Gasteiger partial charge in [-0.15, -0.1) is 0 Å². The Morgan fingerprint density at radius 1 is 1.02 bits per heavy atom. The first-order valence-corrected chi connectivity index (χ1v) is 13.9. The Balaban J connectivity index is 1.41. The molecule has 2 aromatic carbocycles. The average molecular weight is 663 g/mol. The van der Waals surface area contributed by atoms with Gasteiger partial charge in [-0.1, -0.05) is 18.2 Å². The van der Waals surface area contributed by atoms with E-state index < -0.39 is 88.3 Å². The molecule has 2 heterocycles. The van der Waals surface area contributed by atoms with Crippen LogP contribution in [-0.4, -0.2) is 26.6 Å². The van der Waals surface area contributed by atoms with E-state index in [0.717, 1.165) is 30.3 Å². The van der Waals surface area contributed by atoms with Crippen LogP contribution in [0.1, 0.15) is 50.5 Å². The summed E-state index contributed by atoms with van der Waals surface area (Å²) in [4.78, 5) is 29.5. The predicted octanol–water partition coefficient (Wildman–Crippen LogP) is 5.54. The monoisotopic (exact) mass is 662 g/mol. The van der Waals surface area contributed by atoms with E-state index in [0.29, 0.717) is 10.7 Å². The number of pyridine rings is 1. The van der Waals surface area contributed by atoms with E-state index in [-0.39, 0.29) is 34.5 Å². The second-order valence-electron chi connectivity index (χ2n) is 11.2. The lowest BCUT2D eigenvalue weighted by molar-refractivity contribution is -0.142. The van der Waals surface area contributed by atoms with Crippen molar-refractivity contribution in [2.45, 2.75) is 37.0 Å². The number of allylic oxidation sites excluding steroid dienone is 2. The van der Waals surface area contributed by atoms with Crippen LogP contribution in [0.25, 0.3) is 11.1 Å². The van der Waals surface area contributed by atoms with E-state index in [1.54, 1.807) is 0 Å². The molecule has 6 rings (SSSR count). The highest BCUT2D eigenvalue weighted by Crippen LogP contribution is 2.60. The topological polar surface area (TPSA) is 129 Å². The first-order valence-electron chi connectivity index (χ1n) is 13.9. The van der Waals surface area contributed by atoms with Crippen molar-refractivity contribution in [1.82, 2.24) is 20.1 Å². The van der Waals surface area contributed by atoms with Crippen molar-refractivity contribution < 1.29 is 44.7 Å². The Labute approximate surface area is 260 Å². The number of halogens is 8. The summed E-state index contributed by atoms with van der Waals surface area (Å²) in [5.74, 6) is -11.6. The summed E-state index contributed by atoms with van der Waals surface area (Å²) < 4.78 is 115. The van der Waals surface area contributed by atoms with Gasteiger partial charge < -0.3 is 16.8 Å². The van der Waals surface area contributed by atoms with Gasteiger partial charge in [-0.05, 0) is 47.9 Å². The number of nitrogens with one attached hydrogen (secondary N) is 1. The van der Waals surface area contributed by atoms with Crippen molar-refractivity contribution in [1.29, 1.82) is 0 Å². The second kappa shape index (κ2) is 11.2. The molecule has 2 aliphatic carbocycles. The Hall–Kier alpha value is -5.28. The molecule has 4 aromatic rings. The summed E-state index contributed by atoms with van der Waals surface area (Å²) in [7, 11) is 0. The lowest BCUT2D eigenvalue weighted by Gasteiger charge is -2.27. The van der Waals surface area contributed by atoms with Crippen molar-refractivity contribution in [3.63, 3.8) is 0 Å². The highest BCUT2D eigenvalue weighted by Gasteiger charge is 2.61. The number of nitrogen functional groups attached to an aromatic ring is 1. The van der Waals surface area contributed by atoms with E-state index in [1.165, 1.54) is 24.4 Å². The average Bonchev–Trinajstić information content (AvgIpc) is 3.37. The van der Waals surface area contributed by atoms with Gasteiger partial charge in [-0.2, -0.15) is 27.1 Å². The number of nitrogens with two attached hydrogens (primary N) is 2. The molecule has 0 radical (unpaired) electrons. The first-order chi connectivity index (χ1) is 22.0. The maximum Gasteiger partial charge on any atom is 0.435 e. The molecule has 5 N–H and O–H groups in total. The second-order valence-corrected chi connectivity index (χ2v) is 11.2. The number of rotatable bonds is 8. The van der Waals surface area contributed by atoms with Gasteiger partial charge in [0.2, 0.25) is 5.91 Å². The van der Waals surface area contributed by atoms with Gasteiger partial charge in [0, 0.05) is 23.1 Å². The molecule has 0 spiro atoms. The minimum Gasteiger partial charge on any atom is -0.397 e. The Kier molecular flexibility index (Phi) is 7.56. The van der Waals surface area contributed by atoms with Crippen molar-refractivity contribution in [3.8, 4) is 11.1 Å². The molecule has 2 amide bonds. The number of benzene rings is 2. The summed E-state index contributed by atoms with van der Waals surface area (Å²) in [6.07, 6.45) is -1.98. The molecule has 16 heteroatoms. The number of amides is 2. The summed E-state index contributed by atoms with van der Waals surface area (Å²) in [5.41, 5.74) is 7.74. The Morgan fingerprint density at radius 2 is 1.72 bits per heavy atom. The van der Waals surface area contributed by atoms with E-state index in [2.05, 4.69) is 15.4 Å². The fourth-order valence-corrected chi connectivity index (χ4v) is 6.02.